The van der Waals surface area contributed by atoms with Crippen LogP contribution in [-0.2, 0) is 6.42 Å². The number of rotatable bonds is 4. The number of nitrogens with one attached hydrogen (secondary N) is 1. The maximum atomic E-state index is 14.1. The van der Waals surface area contributed by atoms with Crippen molar-refractivity contribution >= 4 is 11.6 Å². The minimum atomic E-state index is -0.888. The summed E-state index contributed by atoms with van der Waals surface area (Å²) >= 11 is 5.68. The zero-order chi connectivity index (χ0) is 15.6. The molecule has 0 saturated carbocycles. The topological polar surface area (TPSA) is 38.0 Å². The Labute approximate surface area is 125 Å². The third-order valence-electron chi connectivity index (χ3n) is 3.31. The summed E-state index contributed by atoms with van der Waals surface area (Å²) in [7, 11) is 0. The van der Waals surface area contributed by atoms with Gasteiger partial charge in [-0.05, 0) is 42.7 Å². The molecule has 0 saturated heterocycles. The molecule has 3 N–H and O–H groups in total. The fraction of sp³-hybridized carbons (Fsp3) is 0.200. The smallest absolute Gasteiger partial charge is 0.133 e. The van der Waals surface area contributed by atoms with Crippen LogP contribution >= 0.6 is 11.6 Å². The molecule has 1 atom stereocenters. The van der Waals surface area contributed by atoms with Gasteiger partial charge >= 0.3 is 0 Å². The van der Waals surface area contributed by atoms with E-state index < -0.39 is 23.5 Å². The summed E-state index contributed by atoms with van der Waals surface area (Å²) in [6, 6.07) is 5.74. The minimum absolute atomic E-state index is 0.00318. The summed E-state index contributed by atoms with van der Waals surface area (Å²) in [6.07, 6.45) is -0.00318. The third kappa shape index (κ3) is 3.37. The Kier molecular flexibility index (Phi) is 4.88. The maximum absolute atomic E-state index is 14.1. The average molecular weight is 315 g/mol. The lowest BCUT2D eigenvalue weighted by Gasteiger charge is -2.19. The Morgan fingerprint density at radius 3 is 2.48 bits per heavy atom. The number of benzene rings is 2. The standard InChI is InChI=1S/C15H14ClF3N2/c1-8-2-5-11(17)14(15(8)19)13(21-20)6-9-3-4-10(16)7-12(9)18/h2-5,7,13,21H,6,20H2,1H3. The monoisotopic (exact) mass is 314 g/mol. The average Bonchev–Trinajstić information content (AvgIpc) is 2.44. The van der Waals surface area contributed by atoms with Crippen molar-refractivity contribution in [2.75, 3.05) is 0 Å². The van der Waals surface area contributed by atoms with Gasteiger partial charge in [-0.15, -0.1) is 0 Å². The lowest BCUT2D eigenvalue weighted by molar-refractivity contribution is 0.463. The van der Waals surface area contributed by atoms with Crippen LogP contribution in [-0.4, -0.2) is 0 Å². The second-order valence-corrected chi connectivity index (χ2v) is 5.19. The van der Waals surface area contributed by atoms with Crippen LogP contribution in [0.4, 0.5) is 13.2 Å². The van der Waals surface area contributed by atoms with Crippen molar-refractivity contribution in [3.8, 4) is 0 Å². The molecule has 2 aromatic carbocycles. The van der Waals surface area contributed by atoms with E-state index in [0.29, 0.717) is 5.56 Å². The molecule has 0 spiro atoms. The summed E-state index contributed by atoms with van der Waals surface area (Å²) in [4.78, 5) is 0. The zero-order valence-electron chi connectivity index (χ0n) is 11.3. The number of nitrogens with two attached hydrogens (primary N) is 1. The second-order valence-electron chi connectivity index (χ2n) is 4.75. The van der Waals surface area contributed by atoms with E-state index in [4.69, 9.17) is 17.4 Å². The van der Waals surface area contributed by atoms with E-state index in [0.717, 1.165) is 12.1 Å². The number of aryl methyl sites for hydroxylation is 1. The van der Waals surface area contributed by atoms with Gasteiger partial charge in [0.25, 0.3) is 0 Å². The molecule has 21 heavy (non-hydrogen) atoms. The number of hydrogen-bond acceptors (Lipinski definition) is 2. The van der Waals surface area contributed by atoms with Crippen molar-refractivity contribution < 1.29 is 13.2 Å². The molecule has 6 heteroatoms. The highest BCUT2D eigenvalue weighted by Gasteiger charge is 2.22. The molecular formula is C15H14ClF3N2. The molecule has 0 aromatic heterocycles. The largest absolute Gasteiger partial charge is 0.271 e. The van der Waals surface area contributed by atoms with Crippen LogP contribution in [0.25, 0.3) is 0 Å². The first-order valence-electron chi connectivity index (χ1n) is 6.28. The molecule has 0 amide bonds. The molecular weight excluding hydrogens is 301 g/mol. The van der Waals surface area contributed by atoms with Gasteiger partial charge in [-0.3, -0.25) is 11.3 Å². The van der Waals surface area contributed by atoms with Crippen molar-refractivity contribution in [1.82, 2.24) is 5.43 Å². The highest BCUT2D eigenvalue weighted by molar-refractivity contribution is 6.30. The van der Waals surface area contributed by atoms with E-state index in [1.165, 1.54) is 25.1 Å². The van der Waals surface area contributed by atoms with E-state index in [9.17, 15) is 13.2 Å². The van der Waals surface area contributed by atoms with E-state index in [-0.39, 0.29) is 22.6 Å². The van der Waals surface area contributed by atoms with Gasteiger partial charge in [-0.25, -0.2) is 13.2 Å². The van der Waals surface area contributed by atoms with Gasteiger partial charge in [0.2, 0.25) is 0 Å². The van der Waals surface area contributed by atoms with Crippen LogP contribution in [0, 0.1) is 24.4 Å². The molecule has 0 radical (unpaired) electrons. The molecule has 0 heterocycles. The van der Waals surface area contributed by atoms with Gasteiger partial charge in [-0.1, -0.05) is 23.7 Å². The minimum Gasteiger partial charge on any atom is -0.271 e. The van der Waals surface area contributed by atoms with Gasteiger partial charge in [0.1, 0.15) is 17.5 Å². The van der Waals surface area contributed by atoms with Gasteiger partial charge in [0.05, 0.1) is 6.04 Å². The second kappa shape index (κ2) is 6.47. The fourth-order valence-electron chi connectivity index (χ4n) is 2.15. The highest BCUT2D eigenvalue weighted by Crippen LogP contribution is 2.27. The molecule has 0 bridgehead atoms. The summed E-state index contributed by atoms with van der Waals surface area (Å²) in [5.74, 6) is 3.43. The quantitative estimate of drug-likeness (QED) is 0.665. The molecule has 2 aromatic rings. The van der Waals surface area contributed by atoms with Gasteiger partial charge in [0, 0.05) is 10.6 Å². The highest BCUT2D eigenvalue weighted by atomic mass is 35.5. The van der Waals surface area contributed by atoms with Crippen LogP contribution in [0.1, 0.15) is 22.7 Å². The van der Waals surface area contributed by atoms with E-state index >= 15 is 0 Å². The van der Waals surface area contributed by atoms with Crippen LogP contribution < -0.4 is 11.3 Å². The number of hydrazine groups is 1. The first-order valence-corrected chi connectivity index (χ1v) is 6.66. The first-order chi connectivity index (χ1) is 9.93. The Morgan fingerprint density at radius 1 is 1.14 bits per heavy atom. The lowest BCUT2D eigenvalue weighted by atomic mass is 9.96. The van der Waals surface area contributed by atoms with Gasteiger partial charge in [-0.2, -0.15) is 0 Å². The first kappa shape index (κ1) is 15.8. The summed E-state index contributed by atoms with van der Waals surface area (Å²) < 4.78 is 41.8. The Bertz CT molecular complexity index is 662. The molecule has 0 aliphatic heterocycles. The van der Waals surface area contributed by atoms with Crippen molar-refractivity contribution in [3.63, 3.8) is 0 Å². The lowest BCUT2D eigenvalue weighted by Crippen LogP contribution is -2.31. The Balaban J connectivity index is 2.39. The molecule has 2 rings (SSSR count). The van der Waals surface area contributed by atoms with Crippen LogP contribution in [0.2, 0.25) is 5.02 Å². The zero-order valence-corrected chi connectivity index (χ0v) is 12.0. The van der Waals surface area contributed by atoms with Crippen molar-refractivity contribution in [2.24, 2.45) is 5.84 Å². The van der Waals surface area contributed by atoms with Gasteiger partial charge in [0.15, 0.2) is 0 Å². The third-order valence-corrected chi connectivity index (χ3v) is 3.54. The molecule has 2 nitrogen and oxygen atoms in total. The van der Waals surface area contributed by atoms with Gasteiger partial charge < -0.3 is 0 Å². The van der Waals surface area contributed by atoms with E-state index in [1.807, 2.05) is 0 Å². The SMILES string of the molecule is Cc1ccc(F)c(C(Cc2ccc(Cl)cc2F)NN)c1F. The molecule has 0 fully saturated rings. The molecule has 0 aliphatic carbocycles. The molecule has 1 unspecified atom stereocenters. The predicted molar refractivity (Wildman–Crippen MR) is 76.3 cm³/mol. The number of hydrogen-bond donors (Lipinski definition) is 2. The Morgan fingerprint density at radius 2 is 1.86 bits per heavy atom. The van der Waals surface area contributed by atoms with E-state index in [2.05, 4.69) is 5.43 Å². The van der Waals surface area contributed by atoms with Crippen molar-refractivity contribution in [1.29, 1.82) is 0 Å². The van der Waals surface area contributed by atoms with Crippen LogP contribution in [0.5, 0.6) is 0 Å². The van der Waals surface area contributed by atoms with Crippen LogP contribution in [0.3, 0.4) is 0 Å². The fourth-order valence-corrected chi connectivity index (χ4v) is 2.31. The Hall–Kier alpha value is -1.56. The maximum Gasteiger partial charge on any atom is 0.133 e. The number of halogens is 4. The molecule has 0 aliphatic rings. The normalized spacial score (nSPS) is 12.5. The van der Waals surface area contributed by atoms with Crippen molar-refractivity contribution in [3.05, 3.63) is 69.5 Å². The summed E-state index contributed by atoms with van der Waals surface area (Å²) in [5.41, 5.74) is 2.70. The summed E-state index contributed by atoms with van der Waals surface area (Å²) in [5, 5.41) is 0.251. The van der Waals surface area contributed by atoms with E-state index in [1.54, 1.807) is 0 Å². The molecule has 112 valence electrons. The van der Waals surface area contributed by atoms with Crippen LogP contribution in [0.15, 0.2) is 30.3 Å². The summed E-state index contributed by atoms with van der Waals surface area (Å²) in [6.45, 7) is 1.52. The van der Waals surface area contributed by atoms with Crippen molar-refractivity contribution in [2.45, 2.75) is 19.4 Å². The predicted octanol–water partition coefficient (Wildman–Crippen LogP) is 3.81.